The Morgan fingerprint density at radius 3 is 2.68 bits per heavy atom. The number of anilines is 1. The van der Waals surface area contributed by atoms with Gasteiger partial charge in [-0.1, -0.05) is 30.3 Å². The van der Waals surface area contributed by atoms with Gasteiger partial charge < -0.3 is 10.6 Å². The summed E-state index contributed by atoms with van der Waals surface area (Å²) < 4.78 is 0. The molecule has 19 heavy (non-hydrogen) atoms. The molecule has 1 atom stereocenters. The number of nitrogens with two attached hydrogens (primary N) is 1. The van der Waals surface area contributed by atoms with Gasteiger partial charge in [-0.2, -0.15) is 0 Å². The lowest BCUT2D eigenvalue weighted by atomic mass is 9.94. The molecule has 0 amide bonds. The van der Waals surface area contributed by atoms with E-state index in [-0.39, 0.29) is 0 Å². The van der Waals surface area contributed by atoms with E-state index in [1.807, 2.05) is 6.20 Å². The molecule has 1 aliphatic heterocycles. The summed E-state index contributed by atoms with van der Waals surface area (Å²) in [6.45, 7) is 3.61. The molecule has 0 saturated carbocycles. The second-order valence-electron chi connectivity index (χ2n) is 5.18. The summed E-state index contributed by atoms with van der Waals surface area (Å²) in [6, 6.07) is 13.1. The Labute approximate surface area is 114 Å². The van der Waals surface area contributed by atoms with Crippen LogP contribution in [0.25, 0.3) is 0 Å². The molecule has 0 aliphatic carbocycles. The van der Waals surface area contributed by atoms with E-state index in [2.05, 4.69) is 53.2 Å². The van der Waals surface area contributed by atoms with Crippen molar-refractivity contribution < 1.29 is 0 Å². The smallest absolute Gasteiger partial charge is 0.129 e. The lowest BCUT2D eigenvalue weighted by Gasteiger charge is -2.37. The van der Waals surface area contributed by atoms with Gasteiger partial charge in [0.1, 0.15) is 5.82 Å². The van der Waals surface area contributed by atoms with Crippen LogP contribution < -0.4 is 10.6 Å². The van der Waals surface area contributed by atoms with Gasteiger partial charge in [-0.05, 0) is 36.1 Å². The minimum Gasteiger partial charge on any atom is -0.348 e. The van der Waals surface area contributed by atoms with Crippen LogP contribution in [0.4, 0.5) is 5.82 Å². The predicted molar refractivity (Wildman–Crippen MR) is 78.1 cm³/mol. The third kappa shape index (κ3) is 2.34. The van der Waals surface area contributed by atoms with E-state index in [4.69, 9.17) is 5.73 Å². The number of aryl methyl sites for hydroxylation is 1. The first-order valence-corrected chi connectivity index (χ1v) is 6.74. The van der Waals surface area contributed by atoms with E-state index in [0.717, 1.165) is 18.8 Å². The topological polar surface area (TPSA) is 42.1 Å². The van der Waals surface area contributed by atoms with Gasteiger partial charge in [-0.15, -0.1) is 0 Å². The van der Waals surface area contributed by atoms with Gasteiger partial charge >= 0.3 is 0 Å². The third-order valence-electron chi connectivity index (χ3n) is 3.82. The molecule has 2 N–H and O–H groups in total. The van der Waals surface area contributed by atoms with Gasteiger partial charge in [-0.3, -0.25) is 0 Å². The van der Waals surface area contributed by atoms with Crippen LogP contribution in [0.2, 0.25) is 0 Å². The van der Waals surface area contributed by atoms with Gasteiger partial charge in [0.2, 0.25) is 0 Å². The average molecular weight is 253 g/mol. The molecule has 0 radical (unpaired) electrons. The van der Waals surface area contributed by atoms with Crippen molar-refractivity contribution in [2.45, 2.75) is 25.9 Å². The molecule has 1 aromatic heterocycles. The van der Waals surface area contributed by atoms with Crippen molar-refractivity contribution in [3.8, 4) is 0 Å². The lowest BCUT2D eigenvalue weighted by molar-refractivity contribution is 0.556. The van der Waals surface area contributed by atoms with Crippen LogP contribution in [0, 0.1) is 6.92 Å². The van der Waals surface area contributed by atoms with Crippen molar-refractivity contribution in [2.24, 2.45) is 5.73 Å². The van der Waals surface area contributed by atoms with E-state index in [9.17, 15) is 0 Å². The average Bonchev–Trinajstić information content (AvgIpc) is 2.46. The van der Waals surface area contributed by atoms with Crippen LogP contribution in [0.3, 0.4) is 0 Å². The molecule has 0 spiro atoms. The Balaban J connectivity index is 1.95. The van der Waals surface area contributed by atoms with Crippen LogP contribution in [0.1, 0.15) is 16.7 Å². The molecular weight excluding hydrogens is 234 g/mol. The highest BCUT2D eigenvalue weighted by Crippen LogP contribution is 2.26. The van der Waals surface area contributed by atoms with E-state index < -0.39 is 0 Å². The third-order valence-corrected chi connectivity index (χ3v) is 3.82. The van der Waals surface area contributed by atoms with Gasteiger partial charge in [0.05, 0.1) is 0 Å². The predicted octanol–water partition coefficient (Wildman–Crippen LogP) is 2.28. The Morgan fingerprint density at radius 2 is 2.00 bits per heavy atom. The highest BCUT2D eigenvalue weighted by molar-refractivity contribution is 5.46. The minimum absolute atomic E-state index is 0.338. The minimum atomic E-state index is 0.338. The molecule has 3 rings (SSSR count). The number of fused-ring (bicyclic) bond motifs is 1. The molecule has 0 bridgehead atoms. The van der Waals surface area contributed by atoms with Gasteiger partial charge in [0.15, 0.2) is 0 Å². The molecule has 2 heterocycles. The molecule has 2 aromatic rings. The van der Waals surface area contributed by atoms with Crippen molar-refractivity contribution in [1.82, 2.24) is 4.98 Å². The van der Waals surface area contributed by atoms with Gasteiger partial charge in [0.25, 0.3) is 0 Å². The fraction of sp³-hybridized carbons (Fsp3) is 0.312. The Kier molecular flexibility index (Phi) is 3.22. The van der Waals surface area contributed by atoms with Crippen LogP contribution in [-0.2, 0) is 13.0 Å². The Bertz CT molecular complexity index is 562. The second kappa shape index (κ2) is 5.02. The molecule has 0 saturated heterocycles. The fourth-order valence-electron chi connectivity index (χ4n) is 2.70. The zero-order valence-electron chi connectivity index (χ0n) is 11.2. The monoisotopic (exact) mass is 253 g/mol. The maximum atomic E-state index is 5.95. The van der Waals surface area contributed by atoms with Crippen molar-refractivity contribution in [2.75, 3.05) is 11.4 Å². The van der Waals surface area contributed by atoms with E-state index >= 15 is 0 Å². The number of hydrogen-bond donors (Lipinski definition) is 1. The molecule has 1 unspecified atom stereocenters. The lowest BCUT2D eigenvalue weighted by Crippen LogP contribution is -2.45. The number of aromatic nitrogens is 1. The first kappa shape index (κ1) is 12.2. The Hall–Kier alpha value is -1.87. The molecule has 3 heteroatoms. The van der Waals surface area contributed by atoms with Crippen LogP contribution in [-0.4, -0.2) is 17.6 Å². The maximum absolute atomic E-state index is 5.95. The van der Waals surface area contributed by atoms with Crippen molar-refractivity contribution in [3.63, 3.8) is 0 Å². The standard InChI is InChI=1S/C16H19N3/c1-12-6-7-16(18-10-12)19-11-14-5-3-2-4-13(14)8-15(19)9-17/h2-7,10,15H,8-9,11,17H2,1H3. The summed E-state index contributed by atoms with van der Waals surface area (Å²) in [7, 11) is 0. The summed E-state index contributed by atoms with van der Waals surface area (Å²) in [5.74, 6) is 1.02. The van der Waals surface area contributed by atoms with Gasteiger partial charge in [-0.25, -0.2) is 4.98 Å². The first-order chi connectivity index (χ1) is 9.28. The molecule has 1 aliphatic rings. The molecule has 1 aromatic carbocycles. The highest BCUT2D eigenvalue weighted by atomic mass is 15.2. The summed E-state index contributed by atoms with van der Waals surface area (Å²) in [4.78, 5) is 6.86. The second-order valence-corrected chi connectivity index (χ2v) is 5.18. The molecule has 98 valence electrons. The zero-order valence-corrected chi connectivity index (χ0v) is 11.2. The summed E-state index contributed by atoms with van der Waals surface area (Å²) in [5, 5.41) is 0. The number of hydrogen-bond acceptors (Lipinski definition) is 3. The summed E-state index contributed by atoms with van der Waals surface area (Å²) in [6.07, 6.45) is 2.92. The Morgan fingerprint density at radius 1 is 1.21 bits per heavy atom. The number of benzene rings is 1. The normalized spacial score (nSPS) is 18.2. The SMILES string of the molecule is Cc1ccc(N2Cc3ccccc3CC2CN)nc1. The largest absolute Gasteiger partial charge is 0.348 e. The van der Waals surface area contributed by atoms with E-state index in [1.54, 1.807) is 0 Å². The molecule has 0 fully saturated rings. The van der Waals surface area contributed by atoms with E-state index in [1.165, 1.54) is 16.7 Å². The van der Waals surface area contributed by atoms with Gasteiger partial charge in [0, 0.05) is 25.3 Å². The zero-order chi connectivity index (χ0) is 13.2. The van der Waals surface area contributed by atoms with Crippen LogP contribution >= 0.6 is 0 Å². The number of pyridine rings is 1. The van der Waals surface area contributed by atoms with Crippen molar-refractivity contribution in [3.05, 3.63) is 59.3 Å². The summed E-state index contributed by atoms with van der Waals surface area (Å²) in [5.41, 5.74) is 9.94. The maximum Gasteiger partial charge on any atom is 0.129 e. The molecular formula is C16H19N3. The fourth-order valence-corrected chi connectivity index (χ4v) is 2.70. The summed E-state index contributed by atoms with van der Waals surface area (Å²) >= 11 is 0. The first-order valence-electron chi connectivity index (χ1n) is 6.74. The number of nitrogens with zero attached hydrogens (tertiary/aromatic N) is 2. The molecule has 3 nitrogen and oxygen atoms in total. The van der Waals surface area contributed by atoms with E-state index in [0.29, 0.717) is 12.6 Å². The number of rotatable bonds is 2. The quantitative estimate of drug-likeness (QED) is 0.893. The van der Waals surface area contributed by atoms with Crippen LogP contribution in [0.5, 0.6) is 0 Å². The van der Waals surface area contributed by atoms with Crippen molar-refractivity contribution in [1.29, 1.82) is 0 Å². The van der Waals surface area contributed by atoms with Crippen LogP contribution in [0.15, 0.2) is 42.6 Å². The van der Waals surface area contributed by atoms with Crippen molar-refractivity contribution >= 4 is 5.82 Å². The highest BCUT2D eigenvalue weighted by Gasteiger charge is 2.25.